The van der Waals surface area contributed by atoms with Gasteiger partial charge in [-0.25, -0.2) is 4.99 Å². The van der Waals surface area contributed by atoms with Crippen molar-refractivity contribution in [3.63, 3.8) is 0 Å². The Balaban J connectivity index is 1.65. The molecule has 0 unspecified atom stereocenters. The third-order valence-corrected chi connectivity index (χ3v) is 4.61. The highest BCUT2D eigenvalue weighted by Crippen LogP contribution is 2.19. The van der Waals surface area contributed by atoms with Gasteiger partial charge in [-0.15, -0.1) is 0 Å². The second-order valence-corrected chi connectivity index (χ2v) is 6.87. The SMILES string of the molecule is CCNC(=NCC(=O)NCc1ccccc1)NCCOC1CCCCCC1. The third kappa shape index (κ3) is 9.43. The zero-order valence-corrected chi connectivity index (χ0v) is 16.5. The van der Waals surface area contributed by atoms with E-state index in [1.165, 1.54) is 38.5 Å². The van der Waals surface area contributed by atoms with E-state index in [2.05, 4.69) is 20.9 Å². The zero-order valence-electron chi connectivity index (χ0n) is 16.5. The predicted molar refractivity (Wildman–Crippen MR) is 110 cm³/mol. The molecule has 0 heterocycles. The highest BCUT2D eigenvalue weighted by atomic mass is 16.5. The number of hydrogen-bond donors (Lipinski definition) is 3. The first kappa shape index (κ1) is 21.2. The summed E-state index contributed by atoms with van der Waals surface area (Å²) in [5.74, 6) is 0.558. The van der Waals surface area contributed by atoms with Gasteiger partial charge in [0, 0.05) is 19.6 Å². The summed E-state index contributed by atoms with van der Waals surface area (Å²) in [6, 6.07) is 9.87. The molecule has 0 aliphatic heterocycles. The quantitative estimate of drug-likeness (QED) is 0.269. The third-order valence-electron chi connectivity index (χ3n) is 4.61. The van der Waals surface area contributed by atoms with Gasteiger partial charge in [0.2, 0.25) is 5.91 Å². The van der Waals surface area contributed by atoms with Crippen LogP contribution in [0.2, 0.25) is 0 Å². The van der Waals surface area contributed by atoms with Gasteiger partial charge in [-0.05, 0) is 25.3 Å². The van der Waals surface area contributed by atoms with E-state index >= 15 is 0 Å². The Bertz CT molecular complexity index is 555. The van der Waals surface area contributed by atoms with Crippen LogP contribution >= 0.6 is 0 Å². The molecule has 150 valence electrons. The van der Waals surface area contributed by atoms with E-state index < -0.39 is 0 Å². The zero-order chi connectivity index (χ0) is 19.2. The highest BCUT2D eigenvalue weighted by Gasteiger charge is 2.12. The number of ether oxygens (including phenoxy) is 1. The Morgan fingerprint density at radius 1 is 1.07 bits per heavy atom. The molecule has 2 rings (SSSR count). The summed E-state index contributed by atoms with van der Waals surface area (Å²) in [6.45, 7) is 4.74. The molecule has 0 saturated heterocycles. The van der Waals surface area contributed by atoms with Gasteiger partial charge in [0.25, 0.3) is 0 Å². The molecule has 0 bridgehead atoms. The number of nitrogens with zero attached hydrogens (tertiary/aromatic N) is 1. The average Bonchev–Trinajstić information content (AvgIpc) is 2.97. The van der Waals surface area contributed by atoms with Crippen molar-refractivity contribution in [3.8, 4) is 0 Å². The van der Waals surface area contributed by atoms with Crippen LogP contribution in [0.15, 0.2) is 35.3 Å². The number of carbonyl (C=O) groups excluding carboxylic acids is 1. The maximum atomic E-state index is 12.0. The van der Waals surface area contributed by atoms with Gasteiger partial charge < -0.3 is 20.7 Å². The normalized spacial score (nSPS) is 15.8. The number of amides is 1. The van der Waals surface area contributed by atoms with Crippen molar-refractivity contribution >= 4 is 11.9 Å². The highest BCUT2D eigenvalue weighted by molar-refractivity contribution is 5.84. The first-order chi connectivity index (χ1) is 13.3. The van der Waals surface area contributed by atoms with E-state index in [0.29, 0.717) is 31.8 Å². The van der Waals surface area contributed by atoms with Crippen LogP contribution in [0.1, 0.15) is 51.0 Å². The van der Waals surface area contributed by atoms with Crippen molar-refractivity contribution in [1.82, 2.24) is 16.0 Å². The molecule has 1 amide bonds. The van der Waals surface area contributed by atoms with E-state index in [0.717, 1.165) is 12.1 Å². The van der Waals surface area contributed by atoms with Crippen LogP contribution in [0.3, 0.4) is 0 Å². The molecule has 1 aliphatic carbocycles. The van der Waals surface area contributed by atoms with Crippen LogP contribution in [-0.4, -0.2) is 44.2 Å². The summed E-state index contributed by atoms with van der Waals surface area (Å²) < 4.78 is 5.98. The Kier molecular flexibility index (Phi) is 10.3. The molecular weight excluding hydrogens is 340 g/mol. The van der Waals surface area contributed by atoms with Crippen LogP contribution in [-0.2, 0) is 16.1 Å². The minimum Gasteiger partial charge on any atom is -0.376 e. The van der Waals surface area contributed by atoms with Crippen molar-refractivity contribution < 1.29 is 9.53 Å². The molecule has 1 fully saturated rings. The van der Waals surface area contributed by atoms with Gasteiger partial charge in [-0.1, -0.05) is 56.0 Å². The topological polar surface area (TPSA) is 74.8 Å². The first-order valence-electron chi connectivity index (χ1n) is 10.2. The lowest BCUT2D eigenvalue weighted by molar-refractivity contribution is -0.119. The molecule has 3 N–H and O–H groups in total. The average molecular weight is 375 g/mol. The van der Waals surface area contributed by atoms with E-state index in [-0.39, 0.29) is 12.5 Å². The monoisotopic (exact) mass is 374 g/mol. The molecule has 0 atom stereocenters. The fourth-order valence-corrected chi connectivity index (χ4v) is 3.15. The Labute approximate surface area is 163 Å². The second kappa shape index (κ2) is 13.1. The van der Waals surface area contributed by atoms with E-state index in [1.807, 2.05) is 37.3 Å². The van der Waals surface area contributed by atoms with Gasteiger partial charge in [0.05, 0.1) is 12.7 Å². The standard InChI is InChI=1S/C21H34N4O2/c1-2-22-21(23-14-15-27-19-12-8-3-4-9-13-19)25-17-20(26)24-16-18-10-6-5-7-11-18/h5-7,10-11,19H,2-4,8-9,12-17H2,1H3,(H,24,26)(H2,22,23,25). The van der Waals surface area contributed by atoms with Gasteiger partial charge in [0.1, 0.15) is 6.54 Å². The maximum Gasteiger partial charge on any atom is 0.242 e. The lowest BCUT2D eigenvalue weighted by Gasteiger charge is -2.16. The van der Waals surface area contributed by atoms with Gasteiger partial charge in [-0.2, -0.15) is 0 Å². The van der Waals surface area contributed by atoms with Crippen LogP contribution in [0.25, 0.3) is 0 Å². The molecule has 27 heavy (non-hydrogen) atoms. The lowest BCUT2D eigenvalue weighted by atomic mass is 10.1. The number of guanidine groups is 1. The summed E-state index contributed by atoms with van der Waals surface area (Å²) in [5.41, 5.74) is 1.08. The van der Waals surface area contributed by atoms with Crippen molar-refractivity contribution in [2.24, 2.45) is 4.99 Å². The minimum atomic E-state index is -0.0919. The predicted octanol–water partition coefficient (Wildman–Crippen LogP) is 2.60. The summed E-state index contributed by atoms with van der Waals surface area (Å²) in [6.07, 6.45) is 7.98. The van der Waals surface area contributed by atoms with Gasteiger partial charge in [0.15, 0.2) is 5.96 Å². The molecule has 1 aliphatic rings. The minimum absolute atomic E-state index is 0.0919. The Morgan fingerprint density at radius 3 is 2.52 bits per heavy atom. The van der Waals surface area contributed by atoms with Crippen molar-refractivity contribution in [1.29, 1.82) is 0 Å². The molecule has 1 aromatic carbocycles. The molecule has 0 aromatic heterocycles. The first-order valence-corrected chi connectivity index (χ1v) is 10.2. The number of aliphatic imine (C=N–C) groups is 1. The molecule has 1 aromatic rings. The van der Waals surface area contributed by atoms with Crippen molar-refractivity contribution in [2.75, 3.05) is 26.2 Å². The molecule has 0 radical (unpaired) electrons. The largest absolute Gasteiger partial charge is 0.376 e. The maximum absolute atomic E-state index is 12.0. The number of hydrogen-bond acceptors (Lipinski definition) is 3. The van der Waals surface area contributed by atoms with Gasteiger partial charge >= 0.3 is 0 Å². The lowest BCUT2D eigenvalue weighted by Crippen LogP contribution is -2.40. The van der Waals surface area contributed by atoms with E-state index in [1.54, 1.807) is 0 Å². The van der Waals surface area contributed by atoms with Crippen LogP contribution in [0, 0.1) is 0 Å². The Morgan fingerprint density at radius 2 is 1.81 bits per heavy atom. The summed E-state index contributed by atoms with van der Waals surface area (Å²) in [5, 5.41) is 9.29. The molecule has 6 nitrogen and oxygen atoms in total. The van der Waals surface area contributed by atoms with Crippen molar-refractivity contribution in [3.05, 3.63) is 35.9 Å². The molecule has 6 heteroatoms. The summed E-state index contributed by atoms with van der Waals surface area (Å²) in [4.78, 5) is 16.3. The summed E-state index contributed by atoms with van der Waals surface area (Å²) >= 11 is 0. The van der Waals surface area contributed by atoms with E-state index in [9.17, 15) is 4.79 Å². The second-order valence-electron chi connectivity index (χ2n) is 6.87. The Hall–Kier alpha value is -2.08. The van der Waals surface area contributed by atoms with E-state index in [4.69, 9.17) is 4.74 Å². The molecule has 1 saturated carbocycles. The molecular formula is C21H34N4O2. The number of rotatable bonds is 9. The van der Waals surface area contributed by atoms with Crippen LogP contribution < -0.4 is 16.0 Å². The van der Waals surface area contributed by atoms with Crippen molar-refractivity contribution in [2.45, 2.75) is 58.1 Å². The summed E-state index contributed by atoms with van der Waals surface area (Å²) in [7, 11) is 0. The fraction of sp³-hybridized carbons (Fsp3) is 0.619. The smallest absolute Gasteiger partial charge is 0.242 e. The molecule has 0 spiro atoms. The number of carbonyl (C=O) groups is 1. The fourth-order valence-electron chi connectivity index (χ4n) is 3.15. The number of nitrogens with one attached hydrogen (secondary N) is 3. The van der Waals surface area contributed by atoms with Gasteiger partial charge in [-0.3, -0.25) is 4.79 Å². The van der Waals surface area contributed by atoms with Crippen LogP contribution in [0.5, 0.6) is 0 Å². The van der Waals surface area contributed by atoms with Crippen LogP contribution in [0.4, 0.5) is 0 Å². The number of benzene rings is 1.